The van der Waals surface area contributed by atoms with Gasteiger partial charge in [-0.25, -0.2) is 19.3 Å². The number of carbonyl (C=O) groups excluding carboxylic acids is 1. The first-order valence-electron chi connectivity index (χ1n) is 9.78. The highest BCUT2D eigenvalue weighted by atomic mass is 16.5. The molecule has 0 atom stereocenters. The Balaban J connectivity index is 1.65. The summed E-state index contributed by atoms with van der Waals surface area (Å²) in [7, 11) is 0. The third-order valence-corrected chi connectivity index (χ3v) is 4.99. The molecule has 156 valence electrons. The van der Waals surface area contributed by atoms with Crippen molar-refractivity contribution in [2.75, 3.05) is 5.73 Å². The van der Waals surface area contributed by atoms with Crippen molar-refractivity contribution in [1.82, 2.24) is 19.1 Å². The first-order chi connectivity index (χ1) is 15.7. The Morgan fingerprint density at radius 1 is 0.812 bits per heavy atom. The Morgan fingerprint density at radius 3 is 2.31 bits per heavy atom. The third-order valence-electron chi connectivity index (χ3n) is 4.99. The molecule has 5 rings (SSSR count). The zero-order valence-corrected chi connectivity index (χ0v) is 16.8. The quantitative estimate of drug-likeness (QED) is 0.432. The van der Waals surface area contributed by atoms with Crippen molar-refractivity contribution in [3.63, 3.8) is 0 Å². The Bertz CT molecular complexity index is 1490. The second-order valence-corrected chi connectivity index (χ2v) is 7.01. The number of aldehydes is 1. The Labute approximate surface area is 182 Å². The summed E-state index contributed by atoms with van der Waals surface area (Å²) in [6, 6.07) is 23.2. The second kappa shape index (κ2) is 7.84. The van der Waals surface area contributed by atoms with E-state index in [1.807, 2.05) is 30.3 Å². The van der Waals surface area contributed by atoms with E-state index in [4.69, 9.17) is 10.5 Å². The van der Waals surface area contributed by atoms with Gasteiger partial charge in [0.15, 0.2) is 11.5 Å². The van der Waals surface area contributed by atoms with Gasteiger partial charge in [-0.1, -0.05) is 30.3 Å². The summed E-state index contributed by atoms with van der Waals surface area (Å²) in [4.78, 5) is 33.1. The monoisotopic (exact) mass is 423 g/mol. The number of nitrogens with zero attached hydrogens (tertiary/aromatic N) is 4. The van der Waals surface area contributed by atoms with Crippen LogP contribution in [0.4, 0.5) is 5.82 Å². The van der Waals surface area contributed by atoms with E-state index in [-0.39, 0.29) is 11.5 Å². The van der Waals surface area contributed by atoms with Gasteiger partial charge in [0.1, 0.15) is 29.6 Å². The van der Waals surface area contributed by atoms with Gasteiger partial charge in [-0.15, -0.1) is 0 Å². The number of hydrogen-bond acceptors (Lipinski definition) is 6. The molecule has 0 aliphatic heterocycles. The van der Waals surface area contributed by atoms with Gasteiger partial charge in [0.25, 0.3) is 0 Å². The van der Waals surface area contributed by atoms with Crippen LogP contribution in [0.1, 0.15) is 10.4 Å². The predicted molar refractivity (Wildman–Crippen MR) is 121 cm³/mol. The zero-order chi connectivity index (χ0) is 22.1. The number of rotatable bonds is 5. The Kier molecular flexibility index (Phi) is 4.72. The van der Waals surface area contributed by atoms with E-state index in [2.05, 4.69) is 9.97 Å². The lowest BCUT2D eigenvalue weighted by molar-refractivity contribution is 0.112. The van der Waals surface area contributed by atoms with Crippen LogP contribution in [-0.4, -0.2) is 25.4 Å². The van der Waals surface area contributed by atoms with E-state index in [0.717, 1.165) is 6.29 Å². The van der Waals surface area contributed by atoms with Gasteiger partial charge in [0.05, 0.1) is 11.4 Å². The van der Waals surface area contributed by atoms with Crippen LogP contribution < -0.4 is 16.2 Å². The number of carbonyl (C=O) groups is 1. The molecule has 32 heavy (non-hydrogen) atoms. The normalized spacial score (nSPS) is 10.9. The number of anilines is 1. The van der Waals surface area contributed by atoms with Crippen molar-refractivity contribution >= 4 is 23.3 Å². The number of benzene rings is 3. The van der Waals surface area contributed by atoms with E-state index in [1.54, 1.807) is 48.5 Å². The van der Waals surface area contributed by atoms with Crippen molar-refractivity contribution in [1.29, 1.82) is 0 Å². The van der Waals surface area contributed by atoms with Crippen LogP contribution in [0.5, 0.6) is 11.5 Å². The summed E-state index contributed by atoms with van der Waals surface area (Å²) in [5.41, 5.74) is 8.00. The maximum absolute atomic E-state index is 13.5. The molecule has 0 saturated heterocycles. The van der Waals surface area contributed by atoms with Gasteiger partial charge in [-0.3, -0.25) is 9.36 Å². The van der Waals surface area contributed by atoms with E-state index < -0.39 is 0 Å². The number of aromatic nitrogens is 4. The van der Waals surface area contributed by atoms with Crippen LogP contribution in [-0.2, 0) is 0 Å². The van der Waals surface area contributed by atoms with Crippen LogP contribution in [0.15, 0.2) is 90.0 Å². The molecule has 0 fully saturated rings. The van der Waals surface area contributed by atoms with Crippen molar-refractivity contribution < 1.29 is 9.53 Å². The van der Waals surface area contributed by atoms with Crippen molar-refractivity contribution in [3.05, 3.63) is 101 Å². The summed E-state index contributed by atoms with van der Waals surface area (Å²) in [6.07, 6.45) is 2.03. The molecule has 0 aliphatic rings. The molecule has 0 spiro atoms. The largest absolute Gasteiger partial charge is 0.457 e. The highest BCUT2D eigenvalue weighted by Gasteiger charge is 2.20. The van der Waals surface area contributed by atoms with E-state index >= 15 is 0 Å². The van der Waals surface area contributed by atoms with E-state index in [9.17, 15) is 9.59 Å². The van der Waals surface area contributed by atoms with Crippen molar-refractivity contribution in [2.24, 2.45) is 0 Å². The number of imidazole rings is 1. The molecule has 8 nitrogen and oxygen atoms in total. The van der Waals surface area contributed by atoms with Gasteiger partial charge >= 0.3 is 5.69 Å². The SMILES string of the molecule is Nc1ncnc2c1n(-c1ccc(Oc3ccccc3)cc1)c(=O)n2-c1cccc(C=O)c1. The third kappa shape index (κ3) is 3.29. The van der Waals surface area contributed by atoms with Crippen LogP contribution in [0.25, 0.3) is 22.5 Å². The standard InChI is InChI=1S/C24H17N5O3/c25-22-21-23(27-15-26-22)29(18-6-4-5-16(13-18)14-30)24(31)28(21)17-9-11-20(12-10-17)32-19-7-2-1-3-8-19/h1-15H,(H2,25,26,27). The molecule has 0 amide bonds. The predicted octanol–water partition coefficient (Wildman–Crippen LogP) is 3.76. The molecular formula is C24H17N5O3. The Morgan fingerprint density at radius 2 is 1.56 bits per heavy atom. The van der Waals surface area contributed by atoms with Gasteiger partial charge < -0.3 is 10.5 Å². The van der Waals surface area contributed by atoms with Crippen LogP contribution in [0, 0.1) is 0 Å². The Hall–Kier alpha value is -4.72. The van der Waals surface area contributed by atoms with Gasteiger partial charge in [-0.05, 0) is 48.5 Å². The average molecular weight is 423 g/mol. The molecule has 0 unspecified atom stereocenters. The highest BCUT2D eigenvalue weighted by Crippen LogP contribution is 2.26. The molecule has 2 aromatic heterocycles. The summed E-state index contributed by atoms with van der Waals surface area (Å²) in [5.74, 6) is 1.50. The number of ether oxygens (including phenoxy) is 1. The van der Waals surface area contributed by atoms with Crippen LogP contribution >= 0.6 is 0 Å². The van der Waals surface area contributed by atoms with Crippen molar-refractivity contribution in [3.8, 4) is 22.9 Å². The van der Waals surface area contributed by atoms with Gasteiger partial charge in [0, 0.05) is 5.56 Å². The molecule has 0 aliphatic carbocycles. The molecule has 5 aromatic rings. The molecule has 2 heterocycles. The number of nitrogens with two attached hydrogens (primary N) is 1. The fourth-order valence-corrected chi connectivity index (χ4v) is 3.54. The first kappa shape index (κ1) is 19.3. The lowest BCUT2D eigenvalue weighted by Crippen LogP contribution is -2.22. The van der Waals surface area contributed by atoms with Crippen LogP contribution in [0.3, 0.4) is 0 Å². The van der Waals surface area contributed by atoms with Gasteiger partial charge in [0.2, 0.25) is 0 Å². The second-order valence-electron chi connectivity index (χ2n) is 7.01. The summed E-state index contributed by atoms with van der Waals surface area (Å²) < 4.78 is 8.70. The molecular weight excluding hydrogens is 406 g/mol. The number of fused-ring (bicyclic) bond motifs is 1. The average Bonchev–Trinajstić information content (AvgIpc) is 3.13. The lowest BCUT2D eigenvalue weighted by Gasteiger charge is -2.08. The zero-order valence-electron chi connectivity index (χ0n) is 16.8. The minimum absolute atomic E-state index is 0.169. The summed E-state index contributed by atoms with van der Waals surface area (Å²) >= 11 is 0. The van der Waals surface area contributed by atoms with Crippen LogP contribution in [0.2, 0.25) is 0 Å². The molecule has 8 heteroatoms. The topological polar surface area (TPSA) is 105 Å². The first-order valence-corrected chi connectivity index (χ1v) is 9.78. The minimum Gasteiger partial charge on any atom is -0.457 e. The maximum Gasteiger partial charge on any atom is 0.339 e. The summed E-state index contributed by atoms with van der Waals surface area (Å²) in [5, 5.41) is 0. The molecule has 2 N–H and O–H groups in total. The highest BCUT2D eigenvalue weighted by molar-refractivity contribution is 5.85. The minimum atomic E-state index is -0.382. The molecule has 3 aromatic carbocycles. The molecule has 0 radical (unpaired) electrons. The van der Waals surface area contributed by atoms with Crippen molar-refractivity contribution in [2.45, 2.75) is 0 Å². The maximum atomic E-state index is 13.5. The molecule has 0 bridgehead atoms. The smallest absolute Gasteiger partial charge is 0.339 e. The van der Waals surface area contributed by atoms with Gasteiger partial charge in [-0.2, -0.15) is 0 Å². The number of hydrogen-bond donors (Lipinski definition) is 1. The number of para-hydroxylation sites is 1. The number of nitrogen functional groups attached to an aromatic ring is 1. The fourth-order valence-electron chi connectivity index (χ4n) is 3.54. The fraction of sp³-hybridized carbons (Fsp3) is 0. The lowest BCUT2D eigenvalue weighted by atomic mass is 10.2. The molecule has 0 saturated carbocycles. The van der Waals surface area contributed by atoms with E-state index in [0.29, 0.717) is 39.6 Å². The van der Waals surface area contributed by atoms with E-state index in [1.165, 1.54) is 15.5 Å². The summed E-state index contributed by atoms with van der Waals surface area (Å²) in [6.45, 7) is 0.